The fourth-order valence-corrected chi connectivity index (χ4v) is 2.24. The predicted octanol–water partition coefficient (Wildman–Crippen LogP) is 0.115. The van der Waals surface area contributed by atoms with Gasteiger partial charge in [0, 0.05) is 25.7 Å². The van der Waals surface area contributed by atoms with Crippen LogP contribution in [-0.2, 0) is 26.6 Å². The molecule has 0 aliphatic rings. The zero-order valence-electron chi connectivity index (χ0n) is 9.71. The average molecular weight is 261 g/mol. The number of hydrogen-bond donors (Lipinski definition) is 1. The number of ether oxygens (including phenoxy) is 1. The molecule has 0 aromatic carbocycles. The number of nitrogens with one attached hydrogen (secondary N) is 1. The van der Waals surface area contributed by atoms with E-state index in [0.29, 0.717) is 0 Å². The van der Waals surface area contributed by atoms with Gasteiger partial charge in [0.2, 0.25) is 10.0 Å². The van der Waals surface area contributed by atoms with Gasteiger partial charge in [0.1, 0.15) is 0 Å². The van der Waals surface area contributed by atoms with Gasteiger partial charge >= 0.3 is 5.97 Å². The molecule has 0 aliphatic carbocycles. The highest BCUT2D eigenvalue weighted by molar-refractivity contribution is 7.92. The third kappa shape index (κ3) is 4.85. The number of carbonyl (C=O) groups is 1. The topological polar surface area (TPSA) is 90.3 Å². The molecule has 1 rings (SSSR count). The van der Waals surface area contributed by atoms with E-state index >= 15 is 0 Å². The fourth-order valence-electron chi connectivity index (χ4n) is 1.19. The summed E-state index contributed by atoms with van der Waals surface area (Å²) >= 11 is 0. The van der Waals surface area contributed by atoms with Crippen LogP contribution in [-0.4, -0.2) is 37.0 Å². The van der Waals surface area contributed by atoms with Gasteiger partial charge in [0.15, 0.2) is 5.82 Å². The molecule has 0 radical (unpaired) electrons. The van der Waals surface area contributed by atoms with Crippen molar-refractivity contribution in [1.82, 2.24) is 9.78 Å². The maximum absolute atomic E-state index is 11.6. The van der Waals surface area contributed by atoms with Gasteiger partial charge < -0.3 is 4.74 Å². The number of anilines is 1. The van der Waals surface area contributed by atoms with Crippen LogP contribution in [0.15, 0.2) is 12.3 Å². The summed E-state index contributed by atoms with van der Waals surface area (Å²) in [6.45, 7) is 0. The van der Waals surface area contributed by atoms with Crippen LogP contribution in [0.3, 0.4) is 0 Å². The largest absolute Gasteiger partial charge is 0.469 e. The van der Waals surface area contributed by atoms with Crippen LogP contribution in [0.4, 0.5) is 5.82 Å². The standard InChI is InChI=1S/C9H15N3O4S/c1-12-6-5-8(10-12)11-17(14,15)7-3-4-9(13)16-2/h5-6H,3-4,7H2,1-2H3,(H,10,11). The molecule has 0 aliphatic heterocycles. The Morgan fingerprint density at radius 2 is 2.29 bits per heavy atom. The third-order valence-corrected chi connectivity index (χ3v) is 3.34. The zero-order chi connectivity index (χ0) is 12.9. The second kappa shape index (κ2) is 5.67. The van der Waals surface area contributed by atoms with Crippen molar-refractivity contribution < 1.29 is 17.9 Å². The number of methoxy groups -OCH3 is 1. The number of hydrogen-bond acceptors (Lipinski definition) is 5. The number of esters is 1. The van der Waals surface area contributed by atoms with Crippen LogP contribution in [0.5, 0.6) is 0 Å². The van der Waals surface area contributed by atoms with Gasteiger partial charge in [-0.15, -0.1) is 0 Å². The van der Waals surface area contributed by atoms with Crippen LogP contribution >= 0.6 is 0 Å². The van der Waals surface area contributed by atoms with E-state index in [9.17, 15) is 13.2 Å². The van der Waals surface area contributed by atoms with E-state index in [1.807, 2.05) is 0 Å². The molecule has 0 bridgehead atoms. The Labute approximate surface area is 99.8 Å². The average Bonchev–Trinajstić information content (AvgIpc) is 2.62. The lowest BCUT2D eigenvalue weighted by Crippen LogP contribution is -2.18. The summed E-state index contributed by atoms with van der Waals surface area (Å²) in [5.41, 5.74) is 0. The molecule has 0 amide bonds. The van der Waals surface area contributed by atoms with Crippen molar-refractivity contribution in [3.8, 4) is 0 Å². The first-order chi connectivity index (χ1) is 7.93. The first-order valence-corrected chi connectivity index (χ1v) is 6.65. The monoisotopic (exact) mass is 261 g/mol. The van der Waals surface area contributed by atoms with E-state index in [2.05, 4.69) is 14.6 Å². The summed E-state index contributed by atoms with van der Waals surface area (Å²) in [5, 5.41) is 3.89. The van der Waals surface area contributed by atoms with Crippen molar-refractivity contribution in [2.45, 2.75) is 12.8 Å². The molecular formula is C9H15N3O4S. The Hall–Kier alpha value is -1.57. The van der Waals surface area contributed by atoms with Gasteiger partial charge in [-0.1, -0.05) is 0 Å². The number of nitrogens with zero attached hydrogens (tertiary/aromatic N) is 2. The molecule has 96 valence electrons. The summed E-state index contributed by atoms with van der Waals surface area (Å²) < 4.78 is 31.4. The van der Waals surface area contributed by atoms with Crippen LogP contribution in [0.2, 0.25) is 0 Å². The van der Waals surface area contributed by atoms with Crippen molar-refractivity contribution in [2.24, 2.45) is 7.05 Å². The molecule has 0 spiro atoms. The normalized spacial score (nSPS) is 11.2. The van der Waals surface area contributed by atoms with Crippen LogP contribution < -0.4 is 4.72 Å². The molecule has 1 N–H and O–H groups in total. The minimum Gasteiger partial charge on any atom is -0.469 e. The summed E-state index contributed by atoms with van der Waals surface area (Å²) in [7, 11) is -0.502. The quantitative estimate of drug-likeness (QED) is 0.734. The minimum atomic E-state index is -3.46. The first kappa shape index (κ1) is 13.5. The maximum atomic E-state index is 11.6. The van der Waals surface area contributed by atoms with Gasteiger partial charge in [-0.25, -0.2) is 8.42 Å². The molecule has 1 heterocycles. The number of sulfonamides is 1. The highest BCUT2D eigenvalue weighted by Gasteiger charge is 2.12. The van der Waals surface area contributed by atoms with Crippen molar-refractivity contribution in [1.29, 1.82) is 0 Å². The van der Waals surface area contributed by atoms with Gasteiger partial charge in [0.05, 0.1) is 12.9 Å². The van der Waals surface area contributed by atoms with E-state index < -0.39 is 16.0 Å². The summed E-state index contributed by atoms with van der Waals surface area (Å²) in [5.74, 6) is -0.290. The molecule has 0 unspecified atom stereocenters. The Kier molecular flexibility index (Phi) is 4.50. The summed E-state index contributed by atoms with van der Waals surface area (Å²) in [4.78, 5) is 10.8. The number of aromatic nitrogens is 2. The lowest BCUT2D eigenvalue weighted by Gasteiger charge is -2.04. The van der Waals surface area contributed by atoms with E-state index in [-0.39, 0.29) is 24.4 Å². The molecule has 0 saturated carbocycles. The van der Waals surface area contributed by atoms with Crippen molar-refractivity contribution in [3.05, 3.63) is 12.3 Å². The molecule has 1 aromatic rings. The fraction of sp³-hybridized carbons (Fsp3) is 0.556. The zero-order valence-corrected chi connectivity index (χ0v) is 10.5. The van der Waals surface area contributed by atoms with Gasteiger partial charge in [-0.05, 0) is 6.42 Å². The molecule has 1 aromatic heterocycles. The van der Waals surface area contributed by atoms with Crippen molar-refractivity contribution in [3.63, 3.8) is 0 Å². The molecule has 17 heavy (non-hydrogen) atoms. The number of rotatable bonds is 6. The Balaban J connectivity index is 2.44. The van der Waals surface area contributed by atoms with Gasteiger partial charge in [-0.3, -0.25) is 14.2 Å². The van der Waals surface area contributed by atoms with Crippen molar-refractivity contribution >= 4 is 21.8 Å². The smallest absolute Gasteiger partial charge is 0.305 e. The lowest BCUT2D eigenvalue weighted by atomic mass is 10.3. The maximum Gasteiger partial charge on any atom is 0.305 e. The Morgan fingerprint density at radius 1 is 1.59 bits per heavy atom. The van der Waals surface area contributed by atoms with Crippen molar-refractivity contribution in [2.75, 3.05) is 17.6 Å². The summed E-state index contributed by atoms with van der Waals surface area (Å²) in [6.07, 6.45) is 1.93. The molecule has 0 saturated heterocycles. The summed E-state index contributed by atoms with van der Waals surface area (Å²) in [6, 6.07) is 1.55. The van der Waals surface area contributed by atoms with Crippen LogP contribution in [0, 0.1) is 0 Å². The van der Waals surface area contributed by atoms with Crippen LogP contribution in [0.25, 0.3) is 0 Å². The van der Waals surface area contributed by atoms with E-state index in [4.69, 9.17) is 0 Å². The van der Waals surface area contributed by atoms with E-state index in [1.165, 1.54) is 11.8 Å². The second-order valence-electron chi connectivity index (χ2n) is 3.48. The van der Waals surface area contributed by atoms with E-state index in [0.717, 1.165) is 0 Å². The van der Waals surface area contributed by atoms with Crippen LogP contribution in [0.1, 0.15) is 12.8 Å². The highest BCUT2D eigenvalue weighted by Crippen LogP contribution is 2.06. The van der Waals surface area contributed by atoms with E-state index in [1.54, 1.807) is 19.3 Å². The SMILES string of the molecule is COC(=O)CCCS(=O)(=O)Nc1ccn(C)n1. The van der Waals surface area contributed by atoms with Gasteiger partial charge in [-0.2, -0.15) is 5.10 Å². The number of carbonyl (C=O) groups excluding carboxylic acids is 1. The molecule has 0 fully saturated rings. The third-order valence-electron chi connectivity index (χ3n) is 2.00. The second-order valence-corrected chi connectivity index (χ2v) is 5.32. The Morgan fingerprint density at radius 3 is 2.82 bits per heavy atom. The molecule has 0 atom stereocenters. The lowest BCUT2D eigenvalue weighted by molar-refractivity contribution is -0.140. The molecule has 7 nitrogen and oxygen atoms in total. The highest BCUT2D eigenvalue weighted by atomic mass is 32.2. The number of aryl methyl sites for hydroxylation is 1. The van der Waals surface area contributed by atoms with Gasteiger partial charge in [0.25, 0.3) is 0 Å². The first-order valence-electron chi connectivity index (χ1n) is 5.00. The predicted molar refractivity (Wildman–Crippen MR) is 61.9 cm³/mol. The Bertz CT molecular complexity index is 480. The minimum absolute atomic E-state index is 0.0830. The molecule has 8 heteroatoms. The molecular weight excluding hydrogens is 246 g/mol.